The molecule has 0 atom stereocenters. The van der Waals surface area contributed by atoms with E-state index in [0.29, 0.717) is 13.1 Å². The number of amides is 1. The Morgan fingerprint density at radius 3 is 2.42 bits per heavy atom. The lowest BCUT2D eigenvalue weighted by molar-refractivity contribution is 0.00578. The van der Waals surface area contributed by atoms with Gasteiger partial charge in [0.2, 0.25) is 0 Å². The van der Waals surface area contributed by atoms with E-state index in [1.54, 1.807) is 11.1 Å². The molecule has 142 valence electrons. The average molecular weight is 360 g/mol. The monoisotopic (exact) mass is 360 g/mol. The van der Waals surface area contributed by atoms with E-state index in [4.69, 9.17) is 14.0 Å². The minimum Gasteiger partial charge on any atom is -0.444 e. The number of hydrogen-bond acceptors (Lipinski definition) is 5. The van der Waals surface area contributed by atoms with E-state index in [1.165, 1.54) is 0 Å². The van der Waals surface area contributed by atoms with Crippen molar-refractivity contribution >= 4 is 18.7 Å². The fourth-order valence-corrected chi connectivity index (χ4v) is 3.02. The van der Waals surface area contributed by atoms with E-state index in [-0.39, 0.29) is 17.3 Å². The Morgan fingerprint density at radius 1 is 1.23 bits per heavy atom. The summed E-state index contributed by atoms with van der Waals surface area (Å²) in [7, 11) is -0.415. The Kier molecular flexibility index (Phi) is 4.60. The lowest BCUT2D eigenvalue weighted by Gasteiger charge is -2.32. The zero-order chi connectivity index (χ0) is 19.3. The summed E-state index contributed by atoms with van der Waals surface area (Å²) in [6.45, 7) is 14.9. The van der Waals surface area contributed by atoms with Gasteiger partial charge in [0.05, 0.1) is 23.4 Å². The Hall–Kier alpha value is -1.60. The SMILES string of the molecule is CC(C)(C)OC(=O)N1CCc2cc(B3OC(C)(C)C(C)(C)O3)cnc2C1. The molecule has 0 aliphatic carbocycles. The van der Waals surface area contributed by atoms with Crippen LogP contribution in [0.4, 0.5) is 4.79 Å². The van der Waals surface area contributed by atoms with Gasteiger partial charge in [-0.15, -0.1) is 0 Å². The van der Waals surface area contributed by atoms with Gasteiger partial charge in [-0.2, -0.15) is 0 Å². The molecule has 1 aromatic rings. The zero-order valence-electron chi connectivity index (χ0n) is 16.9. The highest BCUT2D eigenvalue weighted by molar-refractivity contribution is 6.62. The molecule has 1 aromatic heterocycles. The van der Waals surface area contributed by atoms with Crippen LogP contribution in [0.3, 0.4) is 0 Å². The second kappa shape index (κ2) is 6.24. The molecule has 1 fully saturated rings. The van der Waals surface area contributed by atoms with Crippen molar-refractivity contribution in [2.75, 3.05) is 6.54 Å². The summed E-state index contributed by atoms with van der Waals surface area (Å²) in [5, 5.41) is 0. The van der Waals surface area contributed by atoms with Crippen LogP contribution in [0, 0.1) is 0 Å². The van der Waals surface area contributed by atoms with Crippen LogP contribution in [0.15, 0.2) is 12.3 Å². The minimum absolute atomic E-state index is 0.292. The number of pyridine rings is 1. The Bertz CT molecular complexity index is 696. The first-order valence-electron chi connectivity index (χ1n) is 9.19. The molecule has 3 rings (SSSR count). The molecule has 2 aliphatic heterocycles. The largest absolute Gasteiger partial charge is 0.496 e. The highest BCUT2D eigenvalue weighted by Gasteiger charge is 2.52. The molecule has 0 bridgehead atoms. The fraction of sp³-hybridized carbons (Fsp3) is 0.684. The van der Waals surface area contributed by atoms with Gasteiger partial charge in [0.1, 0.15) is 5.60 Å². The molecule has 6 nitrogen and oxygen atoms in total. The molecule has 0 spiro atoms. The van der Waals surface area contributed by atoms with E-state index in [1.807, 2.05) is 48.5 Å². The molecule has 3 heterocycles. The van der Waals surface area contributed by atoms with E-state index < -0.39 is 12.7 Å². The smallest absolute Gasteiger partial charge is 0.444 e. The third-order valence-corrected chi connectivity index (χ3v) is 5.25. The number of aromatic nitrogens is 1. The van der Waals surface area contributed by atoms with Crippen LogP contribution in [0.2, 0.25) is 0 Å². The van der Waals surface area contributed by atoms with Crippen molar-refractivity contribution in [3.05, 3.63) is 23.5 Å². The molecule has 2 aliphatic rings. The van der Waals surface area contributed by atoms with E-state index in [2.05, 4.69) is 11.1 Å². The second-order valence-corrected chi connectivity index (χ2v) is 9.11. The van der Waals surface area contributed by atoms with Gasteiger partial charge in [-0.25, -0.2) is 4.79 Å². The molecular formula is C19H29BN2O4. The summed E-state index contributed by atoms with van der Waals surface area (Å²) in [6, 6.07) is 2.09. The maximum Gasteiger partial charge on any atom is 0.496 e. The zero-order valence-corrected chi connectivity index (χ0v) is 16.9. The number of nitrogens with zero attached hydrogens (tertiary/aromatic N) is 2. The van der Waals surface area contributed by atoms with Crippen molar-refractivity contribution in [1.82, 2.24) is 9.88 Å². The quantitative estimate of drug-likeness (QED) is 0.721. The van der Waals surface area contributed by atoms with Crippen molar-refractivity contribution in [3.8, 4) is 0 Å². The van der Waals surface area contributed by atoms with Crippen LogP contribution in [0.25, 0.3) is 0 Å². The lowest BCUT2D eigenvalue weighted by Crippen LogP contribution is -2.41. The summed E-state index contributed by atoms with van der Waals surface area (Å²) in [5.74, 6) is 0. The van der Waals surface area contributed by atoms with Crippen LogP contribution in [-0.2, 0) is 27.0 Å². The minimum atomic E-state index is -0.495. The molecule has 0 N–H and O–H groups in total. The molecular weight excluding hydrogens is 331 g/mol. The van der Waals surface area contributed by atoms with Gasteiger partial charge >= 0.3 is 13.2 Å². The second-order valence-electron chi connectivity index (χ2n) is 9.11. The van der Waals surface area contributed by atoms with E-state index in [9.17, 15) is 4.79 Å². The van der Waals surface area contributed by atoms with Crippen LogP contribution in [0.5, 0.6) is 0 Å². The number of carbonyl (C=O) groups excluding carboxylic acids is 1. The molecule has 1 saturated heterocycles. The summed E-state index contributed by atoms with van der Waals surface area (Å²) < 4.78 is 17.7. The molecule has 26 heavy (non-hydrogen) atoms. The maximum absolute atomic E-state index is 12.3. The number of fused-ring (bicyclic) bond motifs is 1. The summed E-state index contributed by atoms with van der Waals surface area (Å²) in [6.07, 6.45) is 2.24. The topological polar surface area (TPSA) is 60.9 Å². The Balaban J connectivity index is 1.73. The van der Waals surface area contributed by atoms with Gasteiger partial charge in [-0.1, -0.05) is 6.07 Å². The predicted molar refractivity (Wildman–Crippen MR) is 100 cm³/mol. The number of ether oxygens (including phenoxy) is 1. The highest BCUT2D eigenvalue weighted by Crippen LogP contribution is 2.36. The van der Waals surface area contributed by atoms with Crippen LogP contribution >= 0.6 is 0 Å². The normalized spacial score (nSPS) is 21.5. The molecule has 0 unspecified atom stereocenters. The standard InChI is InChI=1S/C19H29BN2O4/c1-17(2,3)24-16(23)22-9-8-13-10-14(11-21-15(13)12-22)20-25-18(4,5)19(6,7)26-20/h10-11H,8-9,12H2,1-7H3. The van der Waals surface area contributed by atoms with Crippen molar-refractivity contribution in [2.45, 2.75) is 78.2 Å². The third kappa shape index (κ3) is 3.74. The summed E-state index contributed by atoms with van der Waals surface area (Å²) >= 11 is 0. The first-order valence-corrected chi connectivity index (χ1v) is 9.19. The molecule has 0 aromatic carbocycles. The van der Waals surface area contributed by atoms with Gasteiger partial charge in [0, 0.05) is 18.2 Å². The van der Waals surface area contributed by atoms with Gasteiger partial charge in [-0.05, 0) is 60.5 Å². The van der Waals surface area contributed by atoms with Crippen molar-refractivity contribution in [2.24, 2.45) is 0 Å². The highest BCUT2D eigenvalue weighted by atomic mass is 16.7. The third-order valence-electron chi connectivity index (χ3n) is 5.25. The first-order chi connectivity index (χ1) is 11.9. The van der Waals surface area contributed by atoms with Crippen LogP contribution < -0.4 is 5.46 Å². The summed E-state index contributed by atoms with van der Waals surface area (Å²) in [4.78, 5) is 18.6. The molecule has 7 heteroatoms. The van der Waals surface area contributed by atoms with Gasteiger partial charge in [0.25, 0.3) is 0 Å². The fourth-order valence-electron chi connectivity index (χ4n) is 3.02. The van der Waals surface area contributed by atoms with Gasteiger partial charge in [-0.3, -0.25) is 4.98 Å². The predicted octanol–water partition coefficient (Wildman–Crippen LogP) is 2.67. The maximum atomic E-state index is 12.3. The lowest BCUT2D eigenvalue weighted by atomic mass is 9.79. The van der Waals surface area contributed by atoms with Crippen molar-refractivity contribution in [1.29, 1.82) is 0 Å². The number of hydrogen-bond donors (Lipinski definition) is 0. The molecule has 0 radical (unpaired) electrons. The van der Waals surface area contributed by atoms with Crippen molar-refractivity contribution < 1.29 is 18.8 Å². The van der Waals surface area contributed by atoms with E-state index >= 15 is 0 Å². The summed E-state index contributed by atoms with van der Waals surface area (Å²) in [5.41, 5.74) is 1.72. The molecule has 0 saturated carbocycles. The van der Waals surface area contributed by atoms with Crippen molar-refractivity contribution in [3.63, 3.8) is 0 Å². The Morgan fingerprint density at radius 2 is 1.85 bits per heavy atom. The van der Waals surface area contributed by atoms with Gasteiger partial charge in [0.15, 0.2) is 0 Å². The average Bonchev–Trinajstić information content (AvgIpc) is 2.72. The van der Waals surface area contributed by atoms with Crippen LogP contribution in [0.1, 0.15) is 59.7 Å². The van der Waals surface area contributed by atoms with Gasteiger partial charge < -0.3 is 18.9 Å². The Labute approximate surface area is 156 Å². The first kappa shape index (κ1) is 19.2. The number of carbonyl (C=O) groups is 1. The van der Waals surface area contributed by atoms with Crippen LogP contribution in [-0.4, -0.2) is 46.4 Å². The molecule has 1 amide bonds. The number of rotatable bonds is 1. The van der Waals surface area contributed by atoms with E-state index in [0.717, 1.165) is 23.1 Å².